The molecule has 0 N–H and O–H groups in total. The molecule has 0 spiro atoms. The largest absolute Gasteiger partial charge is 0.462 e. The number of esters is 3. The van der Waals surface area contributed by atoms with Crippen molar-refractivity contribution in [3.8, 4) is 0 Å². The van der Waals surface area contributed by atoms with Crippen molar-refractivity contribution in [1.29, 1.82) is 0 Å². The van der Waals surface area contributed by atoms with E-state index in [9.17, 15) is 14.4 Å². The van der Waals surface area contributed by atoms with Gasteiger partial charge in [-0.15, -0.1) is 0 Å². The van der Waals surface area contributed by atoms with Crippen LogP contribution in [0.5, 0.6) is 0 Å². The van der Waals surface area contributed by atoms with Crippen LogP contribution in [0.4, 0.5) is 0 Å². The van der Waals surface area contributed by atoms with Crippen molar-refractivity contribution < 1.29 is 28.6 Å². The van der Waals surface area contributed by atoms with Crippen LogP contribution in [0, 0.1) is 0 Å². The molecule has 6 nitrogen and oxygen atoms in total. The Morgan fingerprint density at radius 2 is 0.538 bits per heavy atom. The molecule has 0 heterocycles. The quantitative estimate of drug-likeness (QED) is 0.0262. The van der Waals surface area contributed by atoms with Gasteiger partial charge in [0.05, 0.1) is 0 Å². The van der Waals surface area contributed by atoms with E-state index in [1.807, 2.05) is 0 Å². The minimum absolute atomic E-state index is 0.0707. The Kier molecular flexibility index (Phi) is 52.7. The van der Waals surface area contributed by atoms with Crippen molar-refractivity contribution in [2.45, 2.75) is 322 Å². The van der Waals surface area contributed by atoms with Gasteiger partial charge >= 0.3 is 17.9 Å². The molecular formula is C59H110O6. The van der Waals surface area contributed by atoms with Crippen LogP contribution < -0.4 is 0 Å². The van der Waals surface area contributed by atoms with E-state index in [0.29, 0.717) is 19.3 Å². The molecule has 0 aliphatic carbocycles. The van der Waals surface area contributed by atoms with Crippen LogP contribution >= 0.6 is 0 Å². The summed E-state index contributed by atoms with van der Waals surface area (Å²) in [5, 5.41) is 0. The molecule has 0 rings (SSSR count). The van der Waals surface area contributed by atoms with Crippen molar-refractivity contribution in [2.24, 2.45) is 0 Å². The van der Waals surface area contributed by atoms with Gasteiger partial charge in [0.15, 0.2) is 6.10 Å². The van der Waals surface area contributed by atoms with E-state index < -0.39 is 6.10 Å². The summed E-state index contributed by atoms with van der Waals surface area (Å²) in [6.45, 7) is 6.67. The molecule has 6 heteroatoms. The summed E-state index contributed by atoms with van der Waals surface area (Å²) in [6, 6.07) is 0. The van der Waals surface area contributed by atoms with Gasteiger partial charge in [-0.2, -0.15) is 0 Å². The number of hydrogen-bond acceptors (Lipinski definition) is 6. The SMILES string of the molecule is CCCCCCCCC/C=C\C=C/CCCCCCCC(=O)OCC(COC(=O)CCCCCCCCCCCCCCC)OC(=O)CCCCCCCCCCCCCCCCCC. The van der Waals surface area contributed by atoms with Gasteiger partial charge < -0.3 is 14.2 Å². The third-order valence-corrected chi connectivity index (χ3v) is 13.0. The van der Waals surface area contributed by atoms with Crippen molar-refractivity contribution in [3.63, 3.8) is 0 Å². The predicted octanol–water partition coefficient (Wildman–Crippen LogP) is 19.1. The van der Waals surface area contributed by atoms with E-state index in [4.69, 9.17) is 14.2 Å². The van der Waals surface area contributed by atoms with Crippen LogP contribution in [-0.2, 0) is 28.6 Å². The molecule has 1 unspecified atom stereocenters. The lowest BCUT2D eigenvalue weighted by Gasteiger charge is -2.18. The van der Waals surface area contributed by atoms with Crippen molar-refractivity contribution in [1.82, 2.24) is 0 Å². The first kappa shape index (κ1) is 62.9. The summed E-state index contributed by atoms with van der Waals surface area (Å²) in [5.74, 6) is -0.865. The first-order valence-corrected chi connectivity index (χ1v) is 28.9. The molecule has 0 saturated carbocycles. The number of carbonyl (C=O) groups is 3. The van der Waals surface area contributed by atoms with Gasteiger partial charge in [-0.1, -0.05) is 276 Å². The minimum atomic E-state index is -0.772. The number of rotatable bonds is 53. The lowest BCUT2D eigenvalue weighted by molar-refractivity contribution is -0.167. The Hall–Kier alpha value is -2.11. The summed E-state index contributed by atoms with van der Waals surface area (Å²) >= 11 is 0. The molecular weight excluding hydrogens is 805 g/mol. The average Bonchev–Trinajstić information content (AvgIpc) is 3.30. The molecule has 0 aromatic carbocycles. The molecule has 382 valence electrons. The maximum atomic E-state index is 12.8. The molecule has 0 fully saturated rings. The van der Waals surface area contributed by atoms with Crippen LogP contribution in [0.3, 0.4) is 0 Å². The number of hydrogen-bond donors (Lipinski definition) is 0. The summed E-state index contributed by atoms with van der Waals surface area (Å²) in [6.07, 6.45) is 63.1. The fraction of sp³-hybridized carbons (Fsp3) is 0.881. The monoisotopic (exact) mass is 915 g/mol. The standard InChI is InChI=1S/C59H110O6/c1-4-7-10-13-16-19-22-25-27-29-30-32-34-37-40-43-46-49-52-58(61)64-55-56(54-63-57(60)51-48-45-42-39-36-33-24-21-18-15-12-9-6-3)65-59(62)53-50-47-44-41-38-35-31-28-26-23-20-17-14-11-8-5-2/h27,29-30,32,56H,4-26,28,31,33-55H2,1-3H3/b29-27-,32-30-. The van der Waals surface area contributed by atoms with E-state index in [1.54, 1.807) is 0 Å². The predicted molar refractivity (Wildman–Crippen MR) is 279 cm³/mol. The third-order valence-electron chi connectivity index (χ3n) is 13.0. The highest BCUT2D eigenvalue weighted by atomic mass is 16.6. The van der Waals surface area contributed by atoms with Crippen LogP contribution in [0.25, 0.3) is 0 Å². The van der Waals surface area contributed by atoms with Gasteiger partial charge in [-0.25, -0.2) is 0 Å². The Morgan fingerprint density at radius 1 is 0.308 bits per heavy atom. The molecule has 0 aliphatic rings. The zero-order chi connectivity index (χ0) is 47.2. The van der Waals surface area contributed by atoms with E-state index in [2.05, 4.69) is 45.1 Å². The van der Waals surface area contributed by atoms with Gasteiger partial charge in [0.25, 0.3) is 0 Å². The highest BCUT2D eigenvalue weighted by molar-refractivity contribution is 5.71. The third kappa shape index (κ3) is 52.7. The number of unbranched alkanes of at least 4 members (excludes halogenated alkanes) is 39. The van der Waals surface area contributed by atoms with Gasteiger partial charge in [0, 0.05) is 19.3 Å². The smallest absolute Gasteiger partial charge is 0.306 e. The molecule has 0 amide bonds. The highest BCUT2D eigenvalue weighted by Crippen LogP contribution is 2.17. The number of allylic oxidation sites excluding steroid dienone is 4. The highest BCUT2D eigenvalue weighted by Gasteiger charge is 2.19. The van der Waals surface area contributed by atoms with Gasteiger partial charge in [0.1, 0.15) is 13.2 Å². The summed E-state index contributed by atoms with van der Waals surface area (Å²) in [5.41, 5.74) is 0. The van der Waals surface area contributed by atoms with Crippen LogP contribution in [0.1, 0.15) is 316 Å². The second-order valence-corrected chi connectivity index (χ2v) is 19.6. The van der Waals surface area contributed by atoms with Crippen molar-refractivity contribution in [2.75, 3.05) is 13.2 Å². The molecule has 0 bridgehead atoms. The first-order valence-electron chi connectivity index (χ1n) is 28.9. The van der Waals surface area contributed by atoms with E-state index in [0.717, 1.165) is 77.0 Å². The lowest BCUT2D eigenvalue weighted by atomic mass is 10.0. The van der Waals surface area contributed by atoms with Crippen LogP contribution in [0.15, 0.2) is 24.3 Å². The zero-order valence-electron chi connectivity index (χ0n) is 43.8. The number of ether oxygens (including phenoxy) is 3. The Labute approximate surface area is 404 Å². The van der Waals surface area contributed by atoms with Gasteiger partial charge in [-0.05, 0) is 44.9 Å². The lowest BCUT2D eigenvalue weighted by Crippen LogP contribution is -2.30. The fourth-order valence-electron chi connectivity index (χ4n) is 8.61. The molecule has 0 aliphatic heterocycles. The van der Waals surface area contributed by atoms with Crippen LogP contribution in [-0.4, -0.2) is 37.2 Å². The summed E-state index contributed by atoms with van der Waals surface area (Å²) in [7, 11) is 0. The molecule has 1 atom stereocenters. The minimum Gasteiger partial charge on any atom is -0.462 e. The first-order chi connectivity index (χ1) is 32.0. The molecule has 0 aromatic heterocycles. The Morgan fingerprint density at radius 3 is 0.815 bits per heavy atom. The normalized spacial score (nSPS) is 12.1. The van der Waals surface area contributed by atoms with E-state index in [-0.39, 0.29) is 31.1 Å². The summed E-state index contributed by atoms with van der Waals surface area (Å²) < 4.78 is 16.9. The van der Waals surface area contributed by atoms with Crippen LogP contribution in [0.2, 0.25) is 0 Å². The Bertz CT molecular complexity index is 1050. The maximum Gasteiger partial charge on any atom is 0.306 e. The fourth-order valence-corrected chi connectivity index (χ4v) is 8.61. The number of carbonyl (C=O) groups excluding carboxylic acids is 3. The molecule has 0 aromatic rings. The van der Waals surface area contributed by atoms with E-state index >= 15 is 0 Å². The van der Waals surface area contributed by atoms with E-state index in [1.165, 1.54) is 199 Å². The van der Waals surface area contributed by atoms with Crippen molar-refractivity contribution in [3.05, 3.63) is 24.3 Å². The molecule has 0 radical (unpaired) electrons. The average molecular weight is 916 g/mol. The van der Waals surface area contributed by atoms with Gasteiger partial charge in [0.2, 0.25) is 0 Å². The topological polar surface area (TPSA) is 78.9 Å². The molecule has 0 saturated heterocycles. The van der Waals surface area contributed by atoms with Gasteiger partial charge in [-0.3, -0.25) is 14.4 Å². The van der Waals surface area contributed by atoms with Crippen molar-refractivity contribution >= 4 is 17.9 Å². The summed E-state index contributed by atoms with van der Waals surface area (Å²) in [4.78, 5) is 38.1. The zero-order valence-corrected chi connectivity index (χ0v) is 43.8. The maximum absolute atomic E-state index is 12.8. The second kappa shape index (κ2) is 54.5. The Balaban J connectivity index is 4.34. The second-order valence-electron chi connectivity index (χ2n) is 19.6. The molecule has 65 heavy (non-hydrogen) atoms.